The second-order valence-corrected chi connectivity index (χ2v) is 5.15. The van der Waals surface area contributed by atoms with Crippen molar-refractivity contribution in [1.82, 2.24) is 0 Å². The van der Waals surface area contributed by atoms with Crippen LogP contribution in [0.1, 0.15) is 88.5 Å². The van der Waals surface area contributed by atoms with Gasteiger partial charge in [0, 0.05) is 0 Å². The minimum atomic E-state index is 0.731. The molecule has 0 bridgehead atoms. The molecule has 0 amide bonds. The summed E-state index contributed by atoms with van der Waals surface area (Å²) in [6, 6.07) is 0. The van der Waals surface area contributed by atoms with Gasteiger partial charge in [-0.25, -0.2) is 0 Å². The van der Waals surface area contributed by atoms with Crippen LogP contribution in [0.15, 0.2) is 23.3 Å². The van der Waals surface area contributed by atoms with Crippen LogP contribution in [0.4, 0.5) is 0 Å². The molecule has 0 heteroatoms. The van der Waals surface area contributed by atoms with Crippen molar-refractivity contribution < 1.29 is 0 Å². The van der Waals surface area contributed by atoms with E-state index in [0.29, 0.717) is 0 Å². The average Bonchev–Trinajstić information content (AvgIpc) is 2.45. The lowest BCUT2D eigenvalue weighted by atomic mass is 9.92. The molecule has 0 aromatic carbocycles. The van der Waals surface area contributed by atoms with Gasteiger partial charge in [0.1, 0.15) is 0 Å². The first kappa shape index (κ1) is 23.6. The summed E-state index contributed by atoms with van der Waals surface area (Å²) in [5, 5.41) is 0. The van der Waals surface area contributed by atoms with Crippen molar-refractivity contribution in [1.29, 1.82) is 0 Å². The summed E-state index contributed by atoms with van der Waals surface area (Å²) in [6.07, 6.45) is 8.49. The molecule has 19 heavy (non-hydrogen) atoms. The van der Waals surface area contributed by atoms with Crippen molar-refractivity contribution >= 4 is 0 Å². The molecule has 0 aliphatic carbocycles. The summed E-state index contributed by atoms with van der Waals surface area (Å²) in [4.78, 5) is 0. The van der Waals surface area contributed by atoms with Crippen LogP contribution < -0.4 is 0 Å². The molecule has 0 N–H and O–H groups in total. The van der Waals surface area contributed by atoms with Gasteiger partial charge in [0.15, 0.2) is 0 Å². The van der Waals surface area contributed by atoms with Crippen LogP contribution in [0, 0.1) is 11.8 Å². The van der Waals surface area contributed by atoms with E-state index in [9.17, 15) is 0 Å². The summed E-state index contributed by atoms with van der Waals surface area (Å²) in [5.74, 6) is 1.61. The largest absolute Gasteiger partial charge is 0.0764 e. The van der Waals surface area contributed by atoms with Gasteiger partial charge in [0.05, 0.1) is 0 Å². The Morgan fingerprint density at radius 3 is 1.68 bits per heavy atom. The minimum Gasteiger partial charge on any atom is -0.0764 e. The molecule has 0 heterocycles. The molecule has 0 aromatic rings. The first-order valence-electron chi connectivity index (χ1n) is 8.29. The molecule has 2 atom stereocenters. The lowest BCUT2D eigenvalue weighted by Crippen LogP contribution is -2.00. The van der Waals surface area contributed by atoms with E-state index in [-0.39, 0.29) is 0 Å². The molecule has 0 aliphatic rings. The monoisotopic (exact) mass is 268 g/mol. The Kier molecular flexibility index (Phi) is 21.7. The summed E-state index contributed by atoms with van der Waals surface area (Å²) in [5.41, 5.74) is 2.89. The maximum Gasteiger partial charge on any atom is -0.0231 e. The normalized spacial score (nSPS) is 13.3. The third-order valence-corrected chi connectivity index (χ3v) is 3.25. The SMILES string of the molecule is CC.CC.CCC(C)CCC(C)/C(C)=C/C=C(C)C. The van der Waals surface area contributed by atoms with Crippen LogP contribution in [0.2, 0.25) is 0 Å². The van der Waals surface area contributed by atoms with Crippen molar-refractivity contribution in [3.63, 3.8) is 0 Å². The zero-order valence-corrected chi connectivity index (χ0v) is 15.4. The van der Waals surface area contributed by atoms with Crippen molar-refractivity contribution in [3.8, 4) is 0 Å². The van der Waals surface area contributed by atoms with E-state index >= 15 is 0 Å². The van der Waals surface area contributed by atoms with E-state index in [1.807, 2.05) is 27.7 Å². The van der Waals surface area contributed by atoms with Gasteiger partial charge in [-0.3, -0.25) is 0 Å². The van der Waals surface area contributed by atoms with Crippen molar-refractivity contribution in [2.75, 3.05) is 0 Å². The fraction of sp³-hybridized carbons (Fsp3) is 0.789. The van der Waals surface area contributed by atoms with Gasteiger partial charge in [-0.15, -0.1) is 0 Å². The highest BCUT2D eigenvalue weighted by Gasteiger charge is 2.06. The molecule has 0 saturated heterocycles. The summed E-state index contributed by atoms with van der Waals surface area (Å²) < 4.78 is 0. The summed E-state index contributed by atoms with van der Waals surface area (Å²) >= 11 is 0. The van der Waals surface area contributed by atoms with Gasteiger partial charge in [-0.2, -0.15) is 0 Å². The molecule has 2 unspecified atom stereocenters. The zero-order chi connectivity index (χ0) is 15.8. The zero-order valence-electron chi connectivity index (χ0n) is 15.4. The topological polar surface area (TPSA) is 0 Å². The standard InChI is InChI=1S/C15H28.2C2H6/c1-7-13(4)9-11-15(6)14(5)10-8-12(2)3;2*1-2/h8,10,13,15H,7,9,11H2,1-6H3;2*1-2H3/b14-10+;;. The van der Waals surface area contributed by atoms with Crippen LogP contribution in [0.5, 0.6) is 0 Å². The first-order valence-corrected chi connectivity index (χ1v) is 8.29. The summed E-state index contributed by atoms with van der Waals surface area (Å²) in [7, 11) is 0. The van der Waals surface area contributed by atoms with E-state index in [4.69, 9.17) is 0 Å². The van der Waals surface area contributed by atoms with Gasteiger partial charge in [-0.1, -0.05) is 84.6 Å². The lowest BCUT2D eigenvalue weighted by molar-refractivity contribution is 0.451. The van der Waals surface area contributed by atoms with Crippen molar-refractivity contribution in [3.05, 3.63) is 23.3 Å². The first-order chi connectivity index (χ1) is 8.97. The number of allylic oxidation sites excluding steroid dienone is 4. The highest BCUT2D eigenvalue weighted by molar-refractivity contribution is 5.15. The lowest BCUT2D eigenvalue weighted by Gasteiger charge is -2.14. The Balaban J connectivity index is -0.000000579. The van der Waals surface area contributed by atoms with E-state index in [0.717, 1.165) is 11.8 Å². The van der Waals surface area contributed by atoms with E-state index in [1.165, 1.54) is 30.4 Å². The number of rotatable bonds is 6. The van der Waals surface area contributed by atoms with Crippen LogP contribution >= 0.6 is 0 Å². The second-order valence-electron chi connectivity index (χ2n) is 5.15. The van der Waals surface area contributed by atoms with Crippen molar-refractivity contribution in [2.45, 2.75) is 88.5 Å². The Hall–Kier alpha value is -0.520. The fourth-order valence-corrected chi connectivity index (χ4v) is 1.43. The predicted molar refractivity (Wildman–Crippen MR) is 93.7 cm³/mol. The van der Waals surface area contributed by atoms with Gasteiger partial charge in [0.2, 0.25) is 0 Å². The molecule has 0 aromatic heterocycles. The molecule has 0 rings (SSSR count). The third kappa shape index (κ3) is 17.5. The predicted octanol–water partition coefficient (Wildman–Crippen LogP) is 7.41. The second kappa shape index (κ2) is 17.5. The van der Waals surface area contributed by atoms with Crippen LogP contribution in [0.3, 0.4) is 0 Å². The maximum atomic E-state index is 2.35. The minimum absolute atomic E-state index is 0.731. The van der Waals surface area contributed by atoms with Crippen LogP contribution in [0.25, 0.3) is 0 Å². The van der Waals surface area contributed by atoms with E-state index in [2.05, 4.69) is 53.7 Å². The Bertz CT molecular complexity index is 216. The van der Waals surface area contributed by atoms with Gasteiger partial charge in [-0.05, 0) is 39.0 Å². The van der Waals surface area contributed by atoms with Crippen LogP contribution in [-0.4, -0.2) is 0 Å². The smallest absolute Gasteiger partial charge is 0.0231 e. The Labute approximate surface area is 124 Å². The molecule has 0 saturated carbocycles. The highest BCUT2D eigenvalue weighted by Crippen LogP contribution is 2.20. The molecule has 116 valence electrons. The molecule has 0 aliphatic heterocycles. The quantitative estimate of drug-likeness (QED) is 0.440. The highest BCUT2D eigenvalue weighted by atomic mass is 14.1. The fourth-order valence-electron chi connectivity index (χ4n) is 1.43. The van der Waals surface area contributed by atoms with Crippen molar-refractivity contribution in [2.24, 2.45) is 11.8 Å². The van der Waals surface area contributed by atoms with Gasteiger partial charge < -0.3 is 0 Å². The molecule has 0 spiro atoms. The summed E-state index contributed by atoms with van der Waals surface area (Å²) in [6.45, 7) is 21.5. The van der Waals surface area contributed by atoms with E-state index in [1.54, 1.807) is 0 Å². The maximum absolute atomic E-state index is 2.35. The number of hydrogen-bond donors (Lipinski definition) is 0. The number of hydrogen-bond acceptors (Lipinski definition) is 0. The Morgan fingerprint density at radius 2 is 1.32 bits per heavy atom. The Morgan fingerprint density at radius 1 is 0.842 bits per heavy atom. The molecule has 0 radical (unpaired) electrons. The average molecular weight is 269 g/mol. The van der Waals surface area contributed by atoms with Gasteiger partial charge >= 0.3 is 0 Å². The molecule has 0 fully saturated rings. The molecular formula is C19H40. The molecule has 0 nitrogen and oxygen atoms in total. The third-order valence-electron chi connectivity index (χ3n) is 3.25. The van der Waals surface area contributed by atoms with Crippen LogP contribution in [-0.2, 0) is 0 Å². The van der Waals surface area contributed by atoms with E-state index < -0.39 is 0 Å². The molecular weight excluding hydrogens is 228 g/mol. The van der Waals surface area contributed by atoms with Gasteiger partial charge in [0.25, 0.3) is 0 Å².